The molecule has 1 nitrogen and oxygen atoms in total. The maximum atomic E-state index is 15.1. The van der Waals surface area contributed by atoms with Crippen molar-refractivity contribution in [2.75, 3.05) is 4.90 Å². The summed E-state index contributed by atoms with van der Waals surface area (Å²) in [7, 11) is 0. The SMILES string of the molecule is CC(C)(C)N(c1ccccc1F)c1cc(-c2cccc(-c3ccccc3)c2)ccc1F. The first-order chi connectivity index (χ1) is 14.8. The lowest BCUT2D eigenvalue weighted by molar-refractivity contribution is 0.527. The summed E-state index contributed by atoms with van der Waals surface area (Å²) in [5.74, 6) is -0.769. The van der Waals surface area contributed by atoms with Crippen LogP contribution in [0, 0.1) is 11.6 Å². The first-order valence-corrected chi connectivity index (χ1v) is 10.3. The minimum absolute atomic E-state index is 0.347. The maximum absolute atomic E-state index is 15.1. The Morgan fingerprint density at radius 1 is 0.516 bits per heavy atom. The number of nitrogens with zero attached hydrogens (tertiary/aromatic N) is 1. The van der Waals surface area contributed by atoms with E-state index in [2.05, 4.69) is 24.3 Å². The molecule has 0 N–H and O–H groups in total. The van der Waals surface area contributed by atoms with Crippen molar-refractivity contribution in [3.63, 3.8) is 0 Å². The van der Waals surface area contributed by atoms with Crippen LogP contribution in [0.15, 0.2) is 97.1 Å². The second-order valence-electron chi connectivity index (χ2n) is 8.57. The molecule has 31 heavy (non-hydrogen) atoms. The Morgan fingerprint density at radius 2 is 1.06 bits per heavy atom. The van der Waals surface area contributed by atoms with E-state index in [1.54, 1.807) is 35.2 Å². The third-order valence-corrected chi connectivity index (χ3v) is 5.25. The van der Waals surface area contributed by atoms with Gasteiger partial charge in [-0.1, -0.05) is 66.7 Å². The molecule has 0 spiro atoms. The van der Waals surface area contributed by atoms with Crippen LogP contribution in [0.25, 0.3) is 22.3 Å². The van der Waals surface area contributed by atoms with Crippen LogP contribution in [-0.4, -0.2) is 5.54 Å². The van der Waals surface area contributed by atoms with E-state index in [0.717, 1.165) is 22.3 Å². The van der Waals surface area contributed by atoms with E-state index in [1.165, 1.54) is 12.1 Å². The summed E-state index contributed by atoms with van der Waals surface area (Å²) in [4.78, 5) is 1.72. The fourth-order valence-electron chi connectivity index (χ4n) is 3.86. The number of halogens is 2. The van der Waals surface area contributed by atoms with Crippen molar-refractivity contribution in [3.05, 3.63) is 109 Å². The minimum atomic E-state index is -0.534. The zero-order valence-corrected chi connectivity index (χ0v) is 17.9. The van der Waals surface area contributed by atoms with Crippen molar-refractivity contribution in [1.29, 1.82) is 0 Å². The van der Waals surface area contributed by atoms with E-state index in [-0.39, 0.29) is 11.6 Å². The van der Waals surface area contributed by atoms with Crippen LogP contribution in [0.4, 0.5) is 20.2 Å². The first-order valence-electron chi connectivity index (χ1n) is 10.3. The molecule has 0 heterocycles. The zero-order valence-electron chi connectivity index (χ0n) is 17.9. The standard InChI is InChI=1S/C28H25F2N/c1-28(2,3)31(26-15-8-7-14-24(26)29)27-19-23(16-17-25(27)30)22-13-9-12-21(18-22)20-10-5-4-6-11-20/h4-19H,1-3H3. The van der Waals surface area contributed by atoms with Crippen molar-refractivity contribution in [1.82, 2.24) is 0 Å². The fourth-order valence-corrected chi connectivity index (χ4v) is 3.86. The highest BCUT2D eigenvalue weighted by molar-refractivity contribution is 5.77. The van der Waals surface area contributed by atoms with E-state index in [1.807, 2.05) is 51.1 Å². The van der Waals surface area contributed by atoms with Crippen molar-refractivity contribution >= 4 is 11.4 Å². The highest BCUT2D eigenvalue weighted by Gasteiger charge is 2.28. The number of para-hydroxylation sites is 1. The van der Waals surface area contributed by atoms with Crippen LogP contribution < -0.4 is 4.90 Å². The van der Waals surface area contributed by atoms with Gasteiger partial charge in [-0.05, 0) is 73.4 Å². The summed E-state index contributed by atoms with van der Waals surface area (Å²) in [5, 5.41) is 0. The molecule has 0 fully saturated rings. The van der Waals surface area contributed by atoms with Gasteiger partial charge in [-0.25, -0.2) is 8.78 Å². The largest absolute Gasteiger partial charge is 0.331 e. The average molecular weight is 414 g/mol. The van der Waals surface area contributed by atoms with Gasteiger partial charge in [-0.15, -0.1) is 0 Å². The lowest BCUT2D eigenvalue weighted by Crippen LogP contribution is -2.38. The molecule has 4 aromatic rings. The molecule has 0 aliphatic heterocycles. The van der Waals surface area contributed by atoms with Gasteiger partial charge in [0.1, 0.15) is 11.6 Å². The molecule has 0 aromatic heterocycles. The first kappa shape index (κ1) is 20.8. The number of rotatable bonds is 4. The topological polar surface area (TPSA) is 3.24 Å². The summed E-state index contributed by atoms with van der Waals surface area (Å²) in [5.41, 5.74) is 4.22. The lowest BCUT2D eigenvalue weighted by atomic mass is 9.97. The lowest BCUT2D eigenvalue weighted by Gasteiger charge is -2.38. The summed E-state index contributed by atoms with van der Waals surface area (Å²) in [6.45, 7) is 5.84. The van der Waals surface area contributed by atoms with Gasteiger partial charge < -0.3 is 4.90 Å². The molecule has 0 radical (unpaired) electrons. The number of hydrogen-bond acceptors (Lipinski definition) is 1. The molecule has 3 heteroatoms. The van der Waals surface area contributed by atoms with Gasteiger partial charge in [0, 0.05) is 5.54 Å². The van der Waals surface area contributed by atoms with Gasteiger partial charge >= 0.3 is 0 Å². The van der Waals surface area contributed by atoms with Gasteiger partial charge in [-0.2, -0.15) is 0 Å². The van der Waals surface area contributed by atoms with Crippen molar-refractivity contribution < 1.29 is 8.78 Å². The van der Waals surface area contributed by atoms with Gasteiger partial charge in [-0.3, -0.25) is 0 Å². The molecule has 0 amide bonds. The molecule has 4 aromatic carbocycles. The molecule has 0 aliphatic carbocycles. The number of anilines is 2. The molecular weight excluding hydrogens is 388 g/mol. The van der Waals surface area contributed by atoms with Gasteiger partial charge in [0.25, 0.3) is 0 Å². The van der Waals surface area contributed by atoms with E-state index in [0.29, 0.717) is 11.4 Å². The van der Waals surface area contributed by atoms with E-state index < -0.39 is 5.54 Å². The third-order valence-electron chi connectivity index (χ3n) is 5.25. The normalized spacial score (nSPS) is 11.4. The fraction of sp³-hybridized carbons (Fsp3) is 0.143. The summed E-state index contributed by atoms with van der Waals surface area (Å²) in [6, 6.07) is 29.8. The highest BCUT2D eigenvalue weighted by atomic mass is 19.1. The molecule has 0 bridgehead atoms. The second-order valence-corrected chi connectivity index (χ2v) is 8.57. The molecular formula is C28H25F2N. The Balaban J connectivity index is 1.83. The molecule has 0 saturated heterocycles. The predicted octanol–water partition coefficient (Wildman–Crippen LogP) is 8.24. The smallest absolute Gasteiger partial charge is 0.146 e. The van der Waals surface area contributed by atoms with Gasteiger partial charge in [0.05, 0.1) is 11.4 Å². The van der Waals surface area contributed by atoms with Crippen molar-refractivity contribution in [2.45, 2.75) is 26.3 Å². The Hall–Kier alpha value is -3.46. The van der Waals surface area contributed by atoms with Crippen LogP contribution in [0.1, 0.15) is 20.8 Å². The van der Waals surface area contributed by atoms with Crippen LogP contribution >= 0.6 is 0 Å². The van der Waals surface area contributed by atoms with E-state index in [9.17, 15) is 4.39 Å². The predicted molar refractivity (Wildman–Crippen MR) is 126 cm³/mol. The molecule has 0 atom stereocenters. The molecule has 0 saturated carbocycles. The van der Waals surface area contributed by atoms with Crippen LogP contribution in [0.5, 0.6) is 0 Å². The van der Waals surface area contributed by atoms with Crippen LogP contribution in [-0.2, 0) is 0 Å². The maximum Gasteiger partial charge on any atom is 0.146 e. The van der Waals surface area contributed by atoms with Gasteiger partial charge in [0.2, 0.25) is 0 Å². The summed E-state index contributed by atoms with van der Waals surface area (Å²) < 4.78 is 29.8. The Kier molecular flexibility index (Phi) is 5.60. The minimum Gasteiger partial charge on any atom is -0.331 e. The highest BCUT2D eigenvalue weighted by Crippen LogP contribution is 2.38. The second kappa shape index (κ2) is 8.35. The monoisotopic (exact) mass is 413 g/mol. The third kappa shape index (κ3) is 4.36. The Labute approximate surface area is 182 Å². The summed E-state index contributed by atoms with van der Waals surface area (Å²) in [6.07, 6.45) is 0. The van der Waals surface area contributed by atoms with Crippen LogP contribution in [0.3, 0.4) is 0 Å². The van der Waals surface area contributed by atoms with Gasteiger partial charge in [0.15, 0.2) is 0 Å². The quantitative estimate of drug-likeness (QED) is 0.326. The number of benzene rings is 4. The number of hydrogen-bond donors (Lipinski definition) is 0. The van der Waals surface area contributed by atoms with Crippen molar-refractivity contribution in [3.8, 4) is 22.3 Å². The van der Waals surface area contributed by atoms with Crippen molar-refractivity contribution in [2.24, 2.45) is 0 Å². The average Bonchev–Trinajstić information content (AvgIpc) is 2.76. The Bertz CT molecular complexity index is 1190. The zero-order chi connectivity index (χ0) is 22.0. The van der Waals surface area contributed by atoms with Crippen LogP contribution in [0.2, 0.25) is 0 Å². The van der Waals surface area contributed by atoms with E-state index in [4.69, 9.17) is 0 Å². The molecule has 156 valence electrons. The molecule has 0 unspecified atom stereocenters. The summed E-state index contributed by atoms with van der Waals surface area (Å²) >= 11 is 0. The molecule has 4 rings (SSSR count). The Morgan fingerprint density at radius 3 is 1.74 bits per heavy atom. The molecule has 0 aliphatic rings. The van der Waals surface area contributed by atoms with E-state index >= 15 is 4.39 Å².